The topological polar surface area (TPSA) is 62.4 Å². The molecule has 28 heavy (non-hydrogen) atoms. The van der Waals surface area contributed by atoms with Gasteiger partial charge in [0.1, 0.15) is 6.04 Å². The van der Waals surface area contributed by atoms with Crippen molar-refractivity contribution in [1.82, 2.24) is 9.88 Å². The van der Waals surface area contributed by atoms with Gasteiger partial charge < -0.3 is 14.6 Å². The van der Waals surface area contributed by atoms with Crippen molar-refractivity contribution in [2.75, 3.05) is 7.11 Å². The highest BCUT2D eigenvalue weighted by atomic mass is 16.5. The molecule has 1 aliphatic heterocycles. The van der Waals surface area contributed by atoms with Crippen molar-refractivity contribution in [3.63, 3.8) is 0 Å². The van der Waals surface area contributed by atoms with Gasteiger partial charge in [-0.15, -0.1) is 0 Å². The first kappa shape index (κ1) is 18.3. The lowest BCUT2D eigenvalue weighted by atomic mass is 9.88. The van der Waals surface area contributed by atoms with Crippen molar-refractivity contribution in [3.05, 3.63) is 71.4 Å². The molecule has 5 heteroatoms. The summed E-state index contributed by atoms with van der Waals surface area (Å²) in [6, 6.07) is 17.5. The SMILES string of the molecule is COC(=O)[C@H]1Cc2c([nH]c3ccccc23)C(CCc2ccccc2)N1C(C)=O. The van der Waals surface area contributed by atoms with E-state index in [1.54, 1.807) is 4.90 Å². The molecule has 0 saturated carbocycles. The van der Waals surface area contributed by atoms with Gasteiger partial charge in [0.2, 0.25) is 5.91 Å². The van der Waals surface area contributed by atoms with Crippen molar-refractivity contribution in [1.29, 1.82) is 0 Å². The number of fused-ring (bicyclic) bond motifs is 3. The summed E-state index contributed by atoms with van der Waals surface area (Å²) in [5.41, 5.74) is 4.39. The van der Waals surface area contributed by atoms with Crippen LogP contribution in [-0.2, 0) is 27.2 Å². The minimum absolute atomic E-state index is 0.113. The van der Waals surface area contributed by atoms with Crippen molar-refractivity contribution >= 4 is 22.8 Å². The average molecular weight is 376 g/mol. The summed E-state index contributed by atoms with van der Waals surface area (Å²) in [5, 5.41) is 1.11. The fourth-order valence-corrected chi connectivity index (χ4v) is 4.38. The van der Waals surface area contributed by atoms with Crippen LogP contribution in [0.3, 0.4) is 0 Å². The highest BCUT2D eigenvalue weighted by Crippen LogP contribution is 2.39. The van der Waals surface area contributed by atoms with Gasteiger partial charge in [0.25, 0.3) is 0 Å². The van der Waals surface area contributed by atoms with Crippen molar-refractivity contribution in [2.45, 2.75) is 38.3 Å². The molecule has 2 atom stereocenters. The number of para-hydroxylation sites is 1. The average Bonchev–Trinajstić information content (AvgIpc) is 3.10. The number of nitrogens with zero attached hydrogens (tertiary/aromatic N) is 1. The van der Waals surface area contributed by atoms with E-state index in [1.807, 2.05) is 36.4 Å². The van der Waals surface area contributed by atoms with E-state index in [2.05, 4.69) is 23.2 Å². The van der Waals surface area contributed by atoms with Crippen LogP contribution in [0.1, 0.15) is 36.2 Å². The predicted octanol–water partition coefficient (Wildman–Crippen LogP) is 3.79. The Hall–Kier alpha value is -3.08. The third-order valence-corrected chi connectivity index (χ3v) is 5.64. The number of aromatic nitrogens is 1. The minimum Gasteiger partial charge on any atom is -0.467 e. The number of benzene rings is 2. The predicted molar refractivity (Wildman–Crippen MR) is 108 cm³/mol. The highest BCUT2D eigenvalue weighted by Gasteiger charge is 2.41. The summed E-state index contributed by atoms with van der Waals surface area (Å²) in [6.45, 7) is 1.53. The number of H-pyrrole nitrogens is 1. The number of amides is 1. The third kappa shape index (κ3) is 3.17. The second-order valence-corrected chi connectivity index (χ2v) is 7.27. The molecule has 144 valence electrons. The van der Waals surface area contributed by atoms with Crippen molar-refractivity contribution in [3.8, 4) is 0 Å². The van der Waals surface area contributed by atoms with Gasteiger partial charge in [0.15, 0.2) is 0 Å². The Kier molecular flexibility index (Phi) is 4.90. The molecule has 1 aliphatic rings. The monoisotopic (exact) mass is 376 g/mol. The van der Waals surface area contributed by atoms with Crippen LogP contribution in [0.4, 0.5) is 0 Å². The molecule has 1 unspecified atom stereocenters. The van der Waals surface area contributed by atoms with Crippen LogP contribution < -0.4 is 0 Å². The van der Waals surface area contributed by atoms with Gasteiger partial charge in [0.05, 0.1) is 13.2 Å². The molecule has 1 amide bonds. The van der Waals surface area contributed by atoms with Gasteiger partial charge in [-0.05, 0) is 30.0 Å². The number of carbonyl (C=O) groups excluding carboxylic acids is 2. The zero-order chi connectivity index (χ0) is 19.7. The Labute approximate surface area is 164 Å². The van der Waals surface area contributed by atoms with Gasteiger partial charge in [-0.2, -0.15) is 0 Å². The van der Waals surface area contributed by atoms with E-state index in [1.165, 1.54) is 19.6 Å². The smallest absolute Gasteiger partial charge is 0.328 e. The molecule has 0 radical (unpaired) electrons. The van der Waals surface area contributed by atoms with E-state index in [9.17, 15) is 9.59 Å². The maximum Gasteiger partial charge on any atom is 0.328 e. The van der Waals surface area contributed by atoms with Crippen LogP contribution >= 0.6 is 0 Å². The summed E-state index contributed by atoms with van der Waals surface area (Å²) in [4.78, 5) is 30.3. The number of aryl methyl sites for hydroxylation is 1. The second kappa shape index (κ2) is 7.50. The number of esters is 1. The van der Waals surface area contributed by atoms with Crippen LogP contribution in [0.5, 0.6) is 0 Å². The van der Waals surface area contributed by atoms with Crippen LogP contribution in [0, 0.1) is 0 Å². The molecule has 1 aromatic heterocycles. The van der Waals surface area contributed by atoms with Crippen LogP contribution in [0.15, 0.2) is 54.6 Å². The summed E-state index contributed by atoms with van der Waals surface area (Å²) >= 11 is 0. The molecule has 0 spiro atoms. The molecule has 2 heterocycles. The Balaban J connectivity index is 1.79. The van der Waals surface area contributed by atoms with E-state index < -0.39 is 6.04 Å². The molecule has 1 N–H and O–H groups in total. The molecule has 2 aromatic carbocycles. The quantitative estimate of drug-likeness (QED) is 0.705. The maximum atomic E-state index is 12.6. The Morgan fingerprint density at radius 2 is 1.82 bits per heavy atom. The number of ether oxygens (including phenoxy) is 1. The third-order valence-electron chi connectivity index (χ3n) is 5.64. The van der Waals surface area contributed by atoms with Crippen LogP contribution in [-0.4, -0.2) is 34.9 Å². The van der Waals surface area contributed by atoms with E-state index >= 15 is 0 Å². The van der Waals surface area contributed by atoms with E-state index in [0.717, 1.165) is 35.0 Å². The maximum absolute atomic E-state index is 12.6. The molecule has 0 aliphatic carbocycles. The molecular weight excluding hydrogens is 352 g/mol. The van der Waals surface area contributed by atoms with Gasteiger partial charge in [-0.25, -0.2) is 4.79 Å². The Bertz CT molecular complexity index is 1010. The lowest BCUT2D eigenvalue weighted by molar-refractivity contribution is -0.155. The van der Waals surface area contributed by atoms with Gasteiger partial charge >= 0.3 is 5.97 Å². The first-order valence-corrected chi connectivity index (χ1v) is 9.60. The lowest BCUT2D eigenvalue weighted by Gasteiger charge is -2.40. The van der Waals surface area contributed by atoms with Crippen molar-refractivity contribution in [2.24, 2.45) is 0 Å². The molecule has 0 fully saturated rings. The van der Waals surface area contributed by atoms with Gasteiger partial charge in [-0.3, -0.25) is 4.79 Å². The molecule has 4 rings (SSSR count). The van der Waals surface area contributed by atoms with E-state index in [-0.39, 0.29) is 17.9 Å². The standard InChI is InChI=1S/C23H24N2O3/c1-15(26)25-20(13-12-16-8-4-3-5-9-16)22-18(14-21(25)23(27)28-2)17-10-6-7-11-19(17)24-22/h3-11,20-21,24H,12-14H2,1-2H3/t20?,21-/m1/s1. The number of aromatic amines is 1. The number of nitrogens with one attached hydrogen (secondary N) is 1. The zero-order valence-electron chi connectivity index (χ0n) is 16.1. The second-order valence-electron chi connectivity index (χ2n) is 7.27. The lowest BCUT2D eigenvalue weighted by Crippen LogP contribution is -2.51. The summed E-state index contributed by atoms with van der Waals surface area (Å²) in [6.07, 6.45) is 2.02. The number of methoxy groups -OCH3 is 1. The fourth-order valence-electron chi connectivity index (χ4n) is 4.38. The van der Waals surface area contributed by atoms with Gasteiger partial charge in [-0.1, -0.05) is 48.5 Å². The van der Waals surface area contributed by atoms with Crippen LogP contribution in [0.2, 0.25) is 0 Å². The largest absolute Gasteiger partial charge is 0.467 e. The normalized spacial score (nSPS) is 18.7. The number of carbonyl (C=O) groups is 2. The summed E-state index contributed by atoms with van der Waals surface area (Å²) in [5.74, 6) is -0.478. The summed E-state index contributed by atoms with van der Waals surface area (Å²) in [7, 11) is 1.38. The molecule has 0 saturated heterocycles. The Morgan fingerprint density at radius 3 is 2.54 bits per heavy atom. The van der Waals surface area contributed by atoms with Gasteiger partial charge in [0, 0.05) is 29.9 Å². The number of hydrogen-bond acceptors (Lipinski definition) is 3. The molecule has 5 nitrogen and oxygen atoms in total. The van der Waals surface area contributed by atoms with E-state index in [0.29, 0.717) is 6.42 Å². The first-order valence-electron chi connectivity index (χ1n) is 9.60. The Morgan fingerprint density at radius 1 is 1.11 bits per heavy atom. The highest BCUT2D eigenvalue weighted by molar-refractivity contribution is 5.89. The first-order chi connectivity index (χ1) is 13.6. The minimum atomic E-state index is -0.602. The molecule has 0 bridgehead atoms. The molecule has 3 aromatic rings. The number of hydrogen-bond donors (Lipinski definition) is 1. The van der Waals surface area contributed by atoms with Crippen molar-refractivity contribution < 1.29 is 14.3 Å². The number of rotatable bonds is 4. The van der Waals surface area contributed by atoms with Crippen LogP contribution in [0.25, 0.3) is 10.9 Å². The zero-order valence-corrected chi connectivity index (χ0v) is 16.1. The summed E-state index contributed by atoms with van der Waals surface area (Å²) < 4.78 is 5.04. The fraction of sp³-hybridized carbons (Fsp3) is 0.304. The molecular formula is C23H24N2O3. The van der Waals surface area contributed by atoms with E-state index in [4.69, 9.17) is 4.74 Å².